The molecule has 7 nitrogen and oxygen atoms in total. The second kappa shape index (κ2) is 6.95. The molecule has 3 aliphatic carbocycles. The number of aromatic nitrogens is 3. The van der Waals surface area contributed by atoms with Crippen molar-refractivity contribution in [1.29, 1.82) is 0 Å². The minimum absolute atomic E-state index is 0.0690. The highest BCUT2D eigenvalue weighted by molar-refractivity contribution is 6.26. The van der Waals surface area contributed by atoms with Gasteiger partial charge in [0.25, 0.3) is 0 Å². The van der Waals surface area contributed by atoms with E-state index >= 15 is 0 Å². The van der Waals surface area contributed by atoms with Gasteiger partial charge in [0.15, 0.2) is 0 Å². The summed E-state index contributed by atoms with van der Waals surface area (Å²) in [5, 5.41) is 33.3. The lowest BCUT2D eigenvalue weighted by atomic mass is 9.54. The molecule has 35 heavy (non-hydrogen) atoms. The number of aliphatic hydroxyl groups excluding tert-OH is 2. The smallest absolute Gasteiger partial charge is 0.113 e. The van der Waals surface area contributed by atoms with Crippen molar-refractivity contribution >= 4 is 28.2 Å². The molecule has 8 unspecified atom stereocenters. The third-order valence-corrected chi connectivity index (χ3v) is 10.9. The fourth-order valence-electron chi connectivity index (χ4n) is 8.44. The number of rotatable bonds is 2. The van der Waals surface area contributed by atoms with Crippen molar-refractivity contribution in [2.45, 2.75) is 79.8 Å². The summed E-state index contributed by atoms with van der Waals surface area (Å²) in [6.45, 7) is 2.38. The molecule has 3 heterocycles. The monoisotopic (exact) mass is 496 g/mol. The number of hydrogen-bond acceptors (Lipinski definition) is 6. The van der Waals surface area contributed by atoms with Crippen molar-refractivity contribution in [3.63, 3.8) is 0 Å². The number of alkyl halides is 1. The number of aromatic amines is 1. The maximum atomic E-state index is 11.2. The van der Waals surface area contributed by atoms with Gasteiger partial charge in [-0.15, -0.1) is 11.6 Å². The van der Waals surface area contributed by atoms with E-state index in [1.807, 2.05) is 25.1 Å². The number of nitrogens with zero attached hydrogens (tertiary/aromatic N) is 3. The van der Waals surface area contributed by atoms with Crippen LogP contribution in [0.15, 0.2) is 35.9 Å². The number of nitrogens with one attached hydrogen (secondary N) is 1. The number of ether oxygens (including phenoxy) is 1. The van der Waals surface area contributed by atoms with Crippen molar-refractivity contribution in [2.24, 2.45) is 11.3 Å². The van der Waals surface area contributed by atoms with Gasteiger partial charge in [0.1, 0.15) is 17.1 Å². The van der Waals surface area contributed by atoms with Crippen LogP contribution in [0.3, 0.4) is 0 Å². The molecule has 1 saturated heterocycles. The molecular weight excluding hydrogens is 464 g/mol. The Morgan fingerprint density at radius 2 is 1.91 bits per heavy atom. The Morgan fingerprint density at radius 1 is 1.11 bits per heavy atom. The molecule has 7 rings (SSSR count). The first kappa shape index (κ1) is 22.4. The summed E-state index contributed by atoms with van der Waals surface area (Å²) in [6.07, 6.45) is 7.68. The highest BCUT2D eigenvalue weighted by atomic mass is 35.5. The molecule has 2 saturated carbocycles. The number of fused-ring (bicyclic) bond motifs is 2. The maximum Gasteiger partial charge on any atom is 0.113 e. The van der Waals surface area contributed by atoms with Gasteiger partial charge in [-0.3, -0.25) is 0 Å². The summed E-state index contributed by atoms with van der Waals surface area (Å²) in [5.41, 5.74) is 3.96. The van der Waals surface area contributed by atoms with Crippen LogP contribution in [0.1, 0.15) is 51.0 Å². The molecule has 8 atom stereocenters. The van der Waals surface area contributed by atoms with E-state index in [-0.39, 0.29) is 17.4 Å². The van der Waals surface area contributed by atoms with E-state index in [0.717, 1.165) is 48.7 Å². The fraction of sp³-hybridized carbons (Fsp3) is 0.630. The summed E-state index contributed by atoms with van der Waals surface area (Å²) < 4.78 is 7.25. The minimum Gasteiger partial charge on any atom is -0.388 e. The van der Waals surface area contributed by atoms with Gasteiger partial charge < -0.3 is 19.8 Å². The molecule has 2 aliphatic heterocycles. The van der Waals surface area contributed by atoms with Crippen LogP contribution in [-0.4, -0.2) is 78.9 Å². The Morgan fingerprint density at radius 3 is 2.71 bits per heavy atom. The molecule has 1 aromatic heterocycles. The van der Waals surface area contributed by atoms with E-state index in [1.165, 1.54) is 11.1 Å². The van der Waals surface area contributed by atoms with Crippen molar-refractivity contribution in [2.75, 3.05) is 14.1 Å². The molecule has 186 valence electrons. The van der Waals surface area contributed by atoms with Crippen molar-refractivity contribution in [3.05, 3.63) is 41.5 Å². The Labute approximate surface area is 210 Å². The fourth-order valence-corrected chi connectivity index (χ4v) is 8.91. The predicted molar refractivity (Wildman–Crippen MR) is 134 cm³/mol. The second-order valence-corrected chi connectivity index (χ2v) is 12.6. The molecule has 3 fully saturated rings. The van der Waals surface area contributed by atoms with Crippen LogP contribution in [0.2, 0.25) is 0 Å². The molecule has 8 heteroatoms. The third-order valence-electron chi connectivity index (χ3n) is 10.3. The Hall–Kier alpha value is -1.77. The topological polar surface area (TPSA) is 94.5 Å². The molecule has 2 spiro atoms. The van der Waals surface area contributed by atoms with E-state index in [2.05, 4.69) is 46.6 Å². The summed E-state index contributed by atoms with van der Waals surface area (Å²) in [7, 11) is 3.92. The average Bonchev–Trinajstić information content (AvgIpc) is 3.52. The molecule has 0 amide bonds. The summed E-state index contributed by atoms with van der Waals surface area (Å²) in [5.74, 6) is 0.239. The molecule has 2 bridgehead atoms. The lowest BCUT2D eigenvalue weighted by Gasteiger charge is -2.61. The molecular formula is C27H33ClN4O3. The maximum absolute atomic E-state index is 11.2. The van der Waals surface area contributed by atoms with Crippen molar-refractivity contribution in [3.8, 4) is 0 Å². The lowest BCUT2D eigenvalue weighted by molar-refractivity contribution is -0.199. The van der Waals surface area contributed by atoms with Gasteiger partial charge in [0, 0.05) is 12.0 Å². The first-order valence-electron chi connectivity index (χ1n) is 12.8. The third kappa shape index (κ3) is 2.66. The van der Waals surface area contributed by atoms with Crippen LogP contribution in [0.4, 0.5) is 0 Å². The molecule has 5 aliphatic rings. The normalized spacial score (nSPS) is 46.3. The van der Waals surface area contributed by atoms with Crippen LogP contribution in [-0.2, 0) is 4.74 Å². The van der Waals surface area contributed by atoms with Gasteiger partial charge in [0.2, 0.25) is 0 Å². The number of halogens is 1. The van der Waals surface area contributed by atoms with Crippen LogP contribution in [0, 0.1) is 11.3 Å². The van der Waals surface area contributed by atoms with E-state index in [9.17, 15) is 10.2 Å². The largest absolute Gasteiger partial charge is 0.388 e. The van der Waals surface area contributed by atoms with Gasteiger partial charge in [-0.1, -0.05) is 25.1 Å². The quantitative estimate of drug-likeness (QED) is 0.435. The van der Waals surface area contributed by atoms with E-state index < -0.39 is 28.3 Å². The Bertz CT molecular complexity index is 1290. The number of aliphatic hydroxyl groups is 2. The van der Waals surface area contributed by atoms with E-state index in [4.69, 9.17) is 16.3 Å². The zero-order valence-corrected chi connectivity index (χ0v) is 21.2. The highest BCUT2D eigenvalue weighted by Crippen LogP contribution is 2.71. The van der Waals surface area contributed by atoms with Crippen LogP contribution < -0.4 is 0 Å². The van der Waals surface area contributed by atoms with Crippen molar-refractivity contribution in [1.82, 2.24) is 20.3 Å². The molecule has 1 aromatic carbocycles. The van der Waals surface area contributed by atoms with Gasteiger partial charge >= 0.3 is 0 Å². The second-order valence-electron chi connectivity index (χ2n) is 12.0. The van der Waals surface area contributed by atoms with Crippen LogP contribution in [0.25, 0.3) is 16.6 Å². The lowest BCUT2D eigenvalue weighted by Crippen LogP contribution is -2.68. The minimum atomic E-state index is -0.956. The molecule has 3 N–H and O–H groups in total. The highest BCUT2D eigenvalue weighted by Gasteiger charge is 2.73. The summed E-state index contributed by atoms with van der Waals surface area (Å²) in [6, 6.07) is 6.16. The average molecular weight is 497 g/mol. The Balaban J connectivity index is 1.31. The van der Waals surface area contributed by atoms with E-state index in [0.29, 0.717) is 6.42 Å². The SMILES string of the molecule is CN(C)C1CC23CCC4(O2)C2CC=C(c5ccc6n[nH]nc6c5)C2(C)CCC4(Cl)C=C3C(O)C1O. The van der Waals surface area contributed by atoms with Gasteiger partial charge in [-0.2, -0.15) is 15.4 Å². The number of benzene rings is 1. The number of allylic oxidation sites excluding steroid dienone is 2. The van der Waals surface area contributed by atoms with Crippen LogP contribution >= 0.6 is 11.6 Å². The van der Waals surface area contributed by atoms with Crippen molar-refractivity contribution < 1.29 is 14.9 Å². The van der Waals surface area contributed by atoms with Crippen LogP contribution in [0.5, 0.6) is 0 Å². The number of likely N-dealkylation sites (N-methyl/N-ethyl adjacent to an activating group) is 1. The first-order chi connectivity index (χ1) is 16.6. The number of H-pyrrole nitrogens is 1. The first-order valence-corrected chi connectivity index (χ1v) is 13.2. The van der Waals surface area contributed by atoms with Gasteiger partial charge in [0.05, 0.1) is 22.2 Å². The Kier molecular flexibility index (Phi) is 4.46. The molecule has 0 radical (unpaired) electrons. The summed E-state index contributed by atoms with van der Waals surface area (Å²) in [4.78, 5) is 1.33. The summed E-state index contributed by atoms with van der Waals surface area (Å²) >= 11 is 7.52. The molecule has 2 aromatic rings. The van der Waals surface area contributed by atoms with Gasteiger partial charge in [-0.25, -0.2) is 0 Å². The number of hydrogen-bond donors (Lipinski definition) is 3. The van der Waals surface area contributed by atoms with E-state index in [1.54, 1.807) is 0 Å². The van der Waals surface area contributed by atoms with Gasteiger partial charge in [-0.05, 0) is 86.9 Å². The zero-order valence-electron chi connectivity index (χ0n) is 20.5. The standard InChI is InChI=1S/C27H33ClN4O3/c1-24-8-10-26(28)13-17-22(33)23(34)20(32(2)3)14-25(17)9-11-27(26,35-25)21(24)7-5-16(24)15-4-6-18-19(12-15)30-31-29-18/h4-6,12-13,20-23,33-34H,7-11,14H2,1-3H3,(H,29,30,31). The zero-order chi connectivity index (χ0) is 24.4. The predicted octanol–water partition coefficient (Wildman–Crippen LogP) is 3.42.